The molecule has 112 valence electrons. The average Bonchev–Trinajstić information content (AvgIpc) is 2.90. The molecule has 4 N–H and O–H groups in total. The highest BCUT2D eigenvalue weighted by Gasteiger charge is 2.19. The van der Waals surface area contributed by atoms with E-state index < -0.39 is 15.9 Å². The highest BCUT2D eigenvalue weighted by Crippen LogP contribution is 2.25. The maximum Gasteiger partial charge on any atom is 0.279 e. The number of benzene rings is 1. The number of sulfonamides is 1. The zero-order valence-corrected chi connectivity index (χ0v) is 12.6. The normalized spacial score (nSPS) is 11.3. The van der Waals surface area contributed by atoms with Gasteiger partial charge in [-0.2, -0.15) is 8.42 Å². The molecule has 0 saturated heterocycles. The highest BCUT2D eigenvalue weighted by atomic mass is 35.5. The van der Waals surface area contributed by atoms with Gasteiger partial charge in [0.25, 0.3) is 10.0 Å². The lowest BCUT2D eigenvalue weighted by Crippen LogP contribution is -2.15. The number of imidazole rings is 1. The average molecular weight is 329 g/mol. The van der Waals surface area contributed by atoms with E-state index in [1.54, 1.807) is 0 Å². The summed E-state index contributed by atoms with van der Waals surface area (Å²) in [6.45, 7) is 1.84. The minimum atomic E-state index is -3.87. The number of halogens is 1. The SMILES string of the molecule is CCc1ncc(S(=O)(=O)Nc2cc(C(N)=O)ccc2Cl)[nH]1. The number of nitrogens with two attached hydrogens (primary N) is 1. The molecule has 0 saturated carbocycles. The minimum Gasteiger partial charge on any atom is -0.366 e. The summed E-state index contributed by atoms with van der Waals surface area (Å²) in [6, 6.07) is 4.08. The molecule has 0 bridgehead atoms. The summed E-state index contributed by atoms with van der Waals surface area (Å²) < 4.78 is 26.7. The molecule has 1 aromatic heterocycles. The van der Waals surface area contributed by atoms with E-state index in [-0.39, 0.29) is 21.3 Å². The Morgan fingerprint density at radius 1 is 1.48 bits per heavy atom. The van der Waals surface area contributed by atoms with Crippen molar-refractivity contribution in [3.8, 4) is 0 Å². The van der Waals surface area contributed by atoms with Crippen LogP contribution in [0.1, 0.15) is 23.1 Å². The van der Waals surface area contributed by atoms with E-state index in [0.29, 0.717) is 12.2 Å². The molecule has 0 aliphatic rings. The third kappa shape index (κ3) is 3.34. The number of hydrogen-bond donors (Lipinski definition) is 3. The topological polar surface area (TPSA) is 118 Å². The molecule has 21 heavy (non-hydrogen) atoms. The molecule has 0 fully saturated rings. The van der Waals surface area contributed by atoms with Gasteiger partial charge in [-0.1, -0.05) is 18.5 Å². The predicted octanol–water partition coefficient (Wildman–Crippen LogP) is 1.53. The van der Waals surface area contributed by atoms with Gasteiger partial charge in [0.1, 0.15) is 5.82 Å². The number of carbonyl (C=O) groups excluding carboxylic acids is 1. The molecule has 7 nitrogen and oxygen atoms in total. The second-order valence-electron chi connectivity index (χ2n) is 4.21. The van der Waals surface area contributed by atoms with E-state index in [1.165, 1.54) is 24.4 Å². The van der Waals surface area contributed by atoms with E-state index >= 15 is 0 Å². The molecule has 2 rings (SSSR count). The first-order chi connectivity index (χ1) is 9.83. The molecule has 1 aromatic carbocycles. The van der Waals surface area contributed by atoms with Crippen LogP contribution in [-0.4, -0.2) is 24.3 Å². The number of carbonyl (C=O) groups is 1. The first-order valence-corrected chi connectivity index (χ1v) is 7.85. The fraction of sp³-hybridized carbons (Fsp3) is 0.167. The number of aromatic nitrogens is 2. The molecule has 0 radical (unpaired) electrons. The summed E-state index contributed by atoms with van der Waals surface area (Å²) in [5.41, 5.74) is 5.37. The Morgan fingerprint density at radius 2 is 2.19 bits per heavy atom. The molecule has 0 atom stereocenters. The van der Waals surface area contributed by atoms with Crippen LogP contribution in [0.4, 0.5) is 5.69 Å². The van der Waals surface area contributed by atoms with Crippen LogP contribution in [0, 0.1) is 0 Å². The van der Waals surface area contributed by atoms with Crippen LogP contribution in [0.3, 0.4) is 0 Å². The van der Waals surface area contributed by atoms with Crippen molar-refractivity contribution in [2.45, 2.75) is 18.4 Å². The monoisotopic (exact) mass is 328 g/mol. The lowest BCUT2D eigenvalue weighted by Gasteiger charge is -2.09. The highest BCUT2D eigenvalue weighted by molar-refractivity contribution is 7.92. The van der Waals surface area contributed by atoms with Gasteiger partial charge in [0.05, 0.1) is 16.9 Å². The zero-order valence-electron chi connectivity index (χ0n) is 11.1. The molecule has 2 aromatic rings. The molecule has 0 unspecified atom stereocenters. The molecule has 1 heterocycles. The predicted molar refractivity (Wildman–Crippen MR) is 78.7 cm³/mol. The summed E-state index contributed by atoms with van der Waals surface area (Å²) in [5.74, 6) is -0.130. The number of H-pyrrole nitrogens is 1. The third-order valence-electron chi connectivity index (χ3n) is 2.72. The van der Waals surface area contributed by atoms with Crippen LogP contribution < -0.4 is 10.5 Å². The number of hydrogen-bond acceptors (Lipinski definition) is 4. The summed E-state index contributed by atoms with van der Waals surface area (Å²) in [7, 11) is -3.87. The maximum absolute atomic E-state index is 12.2. The van der Waals surface area contributed by atoms with Crippen LogP contribution in [0.25, 0.3) is 0 Å². The van der Waals surface area contributed by atoms with Gasteiger partial charge in [-0.15, -0.1) is 0 Å². The van der Waals surface area contributed by atoms with E-state index in [2.05, 4.69) is 14.7 Å². The van der Waals surface area contributed by atoms with Crippen molar-refractivity contribution < 1.29 is 13.2 Å². The van der Waals surface area contributed by atoms with Crippen molar-refractivity contribution in [1.29, 1.82) is 0 Å². The van der Waals surface area contributed by atoms with Crippen molar-refractivity contribution in [3.63, 3.8) is 0 Å². The Bertz CT molecular complexity index is 786. The first kappa shape index (κ1) is 15.3. The number of nitrogens with zero attached hydrogens (tertiary/aromatic N) is 1. The Hall–Kier alpha value is -2.06. The summed E-state index contributed by atoms with van der Waals surface area (Å²) in [6.07, 6.45) is 1.79. The van der Waals surface area contributed by atoms with Gasteiger partial charge in [-0.25, -0.2) is 4.98 Å². The van der Waals surface area contributed by atoms with Crippen molar-refractivity contribution in [2.24, 2.45) is 5.73 Å². The number of amides is 1. The molecule has 1 amide bonds. The molecule has 9 heteroatoms. The van der Waals surface area contributed by atoms with Gasteiger partial charge in [0.15, 0.2) is 5.03 Å². The zero-order chi connectivity index (χ0) is 15.6. The molecule has 0 aliphatic heterocycles. The molecular formula is C12H13ClN4O3S. The van der Waals surface area contributed by atoms with Crippen LogP contribution in [0.2, 0.25) is 5.02 Å². The Kier molecular flexibility index (Phi) is 4.19. The molecule has 0 spiro atoms. The Balaban J connectivity index is 2.36. The van der Waals surface area contributed by atoms with Crippen molar-refractivity contribution in [1.82, 2.24) is 9.97 Å². The summed E-state index contributed by atoms with van der Waals surface area (Å²) in [4.78, 5) is 17.7. The van der Waals surface area contributed by atoms with E-state index in [0.717, 1.165) is 0 Å². The standard InChI is InChI=1S/C12H13ClN4O3S/c1-2-10-15-6-11(16-10)21(19,20)17-9-5-7(12(14)18)3-4-8(9)13/h3-6,17H,2H2,1H3,(H2,14,18)(H,15,16). The van der Waals surface area contributed by atoms with Crippen LogP contribution in [0.15, 0.2) is 29.4 Å². The number of nitrogens with one attached hydrogen (secondary N) is 2. The minimum absolute atomic E-state index is 0.0700. The van der Waals surface area contributed by atoms with Crippen molar-refractivity contribution in [2.75, 3.05) is 4.72 Å². The van der Waals surface area contributed by atoms with E-state index in [4.69, 9.17) is 17.3 Å². The van der Waals surface area contributed by atoms with Gasteiger partial charge in [0, 0.05) is 12.0 Å². The second-order valence-corrected chi connectivity index (χ2v) is 6.27. The van der Waals surface area contributed by atoms with E-state index in [1.807, 2.05) is 6.92 Å². The third-order valence-corrected chi connectivity index (χ3v) is 4.33. The van der Waals surface area contributed by atoms with Crippen LogP contribution in [0.5, 0.6) is 0 Å². The number of anilines is 1. The van der Waals surface area contributed by atoms with Crippen LogP contribution in [-0.2, 0) is 16.4 Å². The number of aryl methyl sites for hydroxylation is 1. The van der Waals surface area contributed by atoms with E-state index in [9.17, 15) is 13.2 Å². The van der Waals surface area contributed by atoms with Gasteiger partial charge in [-0.3, -0.25) is 9.52 Å². The lowest BCUT2D eigenvalue weighted by molar-refractivity contribution is 0.100. The number of rotatable bonds is 5. The van der Waals surface area contributed by atoms with Gasteiger partial charge >= 0.3 is 0 Å². The summed E-state index contributed by atoms with van der Waals surface area (Å²) >= 11 is 5.92. The maximum atomic E-state index is 12.2. The Labute approximate surface area is 126 Å². The first-order valence-electron chi connectivity index (χ1n) is 5.99. The van der Waals surface area contributed by atoms with Crippen LogP contribution >= 0.6 is 11.6 Å². The molecular weight excluding hydrogens is 316 g/mol. The van der Waals surface area contributed by atoms with Gasteiger partial charge in [-0.05, 0) is 18.2 Å². The second kappa shape index (κ2) is 5.74. The largest absolute Gasteiger partial charge is 0.366 e. The van der Waals surface area contributed by atoms with Crippen molar-refractivity contribution in [3.05, 3.63) is 40.8 Å². The van der Waals surface area contributed by atoms with Crippen molar-refractivity contribution >= 4 is 33.2 Å². The van der Waals surface area contributed by atoms with Gasteiger partial charge in [0.2, 0.25) is 5.91 Å². The van der Waals surface area contributed by atoms with Gasteiger partial charge < -0.3 is 10.7 Å². The smallest absolute Gasteiger partial charge is 0.279 e. The summed E-state index contributed by atoms with van der Waals surface area (Å²) in [5, 5.41) is 0.0682. The fourth-order valence-electron chi connectivity index (χ4n) is 1.62. The number of aromatic amines is 1. The number of primary amides is 1. The quantitative estimate of drug-likeness (QED) is 0.771. The lowest BCUT2D eigenvalue weighted by atomic mass is 10.2. The molecule has 0 aliphatic carbocycles. The fourth-order valence-corrected chi connectivity index (χ4v) is 2.85. The Morgan fingerprint density at radius 3 is 2.76 bits per heavy atom.